The van der Waals surface area contributed by atoms with Gasteiger partial charge in [0.2, 0.25) is 11.6 Å². The van der Waals surface area contributed by atoms with Crippen LogP contribution in [0.5, 0.6) is 11.5 Å². The zero-order chi connectivity index (χ0) is 20.8. The highest BCUT2D eigenvalue weighted by molar-refractivity contribution is 5.35. The van der Waals surface area contributed by atoms with Gasteiger partial charge >= 0.3 is 0 Å². The van der Waals surface area contributed by atoms with Crippen LogP contribution >= 0.6 is 0 Å². The SMILES string of the molecule is CCOc1ccc(OCC2CCC(C3CCC(C(N)CC)OC3)CC2)c(F)c1F. The molecule has 1 aromatic rings. The van der Waals surface area contributed by atoms with Crippen LogP contribution in [0, 0.1) is 29.4 Å². The summed E-state index contributed by atoms with van der Waals surface area (Å²) in [4.78, 5) is 0. The highest BCUT2D eigenvalue weighted by Crippen LogP contribution is 2.38. The smallest absolute Gasteiger partial charge is 0.204 e. The first kappa shape index (κ1) is 22.3. The average Bonchev–Trinajstić information content (AvgIpc) is 2.76. The van der Waals surface area contributed by atoms with Crippen molar-refractivity contribution in [3.05, 3.63) is 23.8 Å². The Kier molecular flexibility index (Phi) is 8.13. The molecule has 3 unspecified atom stereocenters. The molecule has 1 saturated carbocycles. The number of nitrogens with two attached hydrogens (primary N) is 1. The maximum atomic E-state index is 14.2. The first-order valence-corrected chi connectivity index (χ1v) is 11.1. The molecule has 0 bridgehead atoms. The quantitative estimate of drug-likeness (QED) is 0.648. The summed E-state index contributed by atoms with van der Waals surface area (Å²) in [5.74, 6) is -0.373. The van der Waals surface area contributed by atoms with Gasteiger partial charge in [0.15, 0.2) is 11.5 Å². The van der Waals surface area contributed by atoms with E-state index in [0.717, 1.165) is 45.1 Å². The summed E-state index contributed by atoms with van der Waals surface area (Å²) in [6.07, 6.45) is 7.83. The van der Waals surface area contributed by atoms with Crippen LogP contribution in [0.15, 0.2) is 12.1 Å². The van der Waals surface area contributed by atoms with Gasteiger partial charge in [-0.1, -0.05) is 6.92 Å². The van der Waals surface area contributed by atoms with Gasteiger partial charge in [0.25, 0.3) is 0 Å². The fourth-order valence-corrected chi connectivity index (χ4v) is 4.69. The molecule has 2 aliphatic rings. The zero-order valence-electron chi connectivity index (χ0n) is 17.7. The fourth-order valence-electron chi connectivity index (χ4n) is 4.69. The third-order valence-electron chi connectivity index (χ3n) is 6.64. The number of hydrogen-bond acceptors (Lipinski definition) is 4. The van der Waals surface area contributed by atoms with E-state index < -0.39 is 11.6 Å². The van der Waals surface area contributed by atoms with Gasteiger partial charge in [0.1, 0.15) is 0 Å². The second kappa shape index (κ2) is 10.6. The predicted octanol–water partition coefficient (Wildman–Crippen LogP) is 5.08. The third-order valence-corrected chi connectivity index (χ3v) is 6.64. The lowest BCUT2D eigenvalue weighted by molar-refractivity contribution is -0.0503. The predicted molar refractivity (Wildman–Crippen MR) is 109 cm³/mol. The molecular formula is C23H35F2NO3. The molecule has 3 atom stereocenters. The standard InChI is InChI=1S/C23H35F2NO3/c1-3-18(26)19-10-9-17(14-29-19)16-7-5-15(6-8-16)13-28-21-12-11-20(27-4-2)22(24)23(21)25/h11-12,15-19H,3-10,13-14,26H2,1-2H3. The summed E-state index contributed by atoms with van der Waals surface area (Å²) in [7, 11) is 0. The van der Waals surface area contributed by atoms with E-state index in [9.17, 15) is 8.78 Å². The maximum absolute atomic E-state index is 14.2. The van der Waals surface area contributed by atoms with Crippen molar-refractivity contribution < 1.29 is 23.0 Å². The van der Waals surface area contributed by atoms with Crippen molar-refractivity contribution in [2.45, 2.75) is 70.9 Å². The number of rotatable bonds is 8. The molecule has 0 spiro atoms. The number of benzene rings is 1. The second-order valence-corrected chi connectivity index (χ2v) is 8.50. The lowest BCUT2D eigenvalue weighted by Gasteiger charge is -2.39. The van der Waals surface area contributed by atoms with Crippen LogP contribution in [0.25, 0.3) is 0 Å². The number of ether oxygens (including phenoxy) is 3. The molecule has 3 rings (SSSR count). The largest absolute Gasteiger partial charge is 0.491 e. The second-order valence-electron chi connectivity index (χ2n) is 8.50. The van der Waals surface area contributed by atoms with Crippen LogP contribution in [-0.2, 0) is 4.74 Å². The topological polar surface area (TPSA) is 53.7 Å². The van der Waals surface area contributed by atoms with Crippen molar-refractivity contribution in [3.8, 4) is 11.5 Å². The summed E-state index contributed by atoms with van der Waals surface area (Å²) < 4.78 is 44.9. The first-order chi connectivity index (χ1) is 14.0. The molecule has 4 nitrogen and oxygen atoms in total. The summed E-state index contributed by atoms with van der Waals surface area (Å²) in [6.45, 7) is 5.37. The van der Waals surface area contributed by atoms with Gasteiger partial charge in [0.05, 0.1) is 25.9 Å². The van der Waals surface area contributed by atoms with E-state index in [0.29, 0.717) is 24.4 Å². The van der Waals surface area contributed by atoms with Crippen LogP contribution < -0.4 is 15.2 Å². The molecule has 1 aromatic carbocycles. The lowest BCUT2D eigenvalue weighted by Crippen LogP contribution is -2.42. The van der Waals surface area contributed by atoms with E-state index in [1.165, 1.54) is 18.6 Å². The van der Waals surface area contributed by atoms with E-state index in [1.807, 2.05) is 0 Å². The molecule has 2 N–H and O–H groups in total. The van der Waals surface area contributed by atoms with E-state index >= 15 is 0 Å². The minimum atomic E-state index is -0.980. The van der Waals surface area contributed by atoms with Crippen molar-refractivity contribution in [3.63, 3.8) is 0 Å². The minimum Gasteiger partial charge on any atom is -0.491 e. The van der Waals surface area contributed by atoms with Crippen molar-refractivity contribution in [1.82, 2.24) is 0 Å². The molecule has 0 aromatic heterocycles. The highest BCUT2D eigenvalue weighted by atomic mass is 19.2. The van der Waals surface area contributed by atoms with Gasteiger partial charge in [0, 0.05) is 6.04 Å². The molecule has 29 heavy (non-hydrogen) atoms. The molecular weight excluding hydrogens is 376 g/mol. The Morgan fingerprint density at radius 2 is 1.59 bits per heavy atom. The van der Waals surface area contributed by atoms with Gasteiger partial charge in [-0.05, 0) is 81.8 Å². The van der Waals surface area contributed by atoms with Gasteiger partial charge in [-0.3, -0.25) is 0 Å². The Hall–Kier alpha value is -1.40. The zero-order valence-corrected chi connectivity index (χ0v) is 17.7. The minimum absolute atomic E-state index is 0.0351. The average molecular weight is 412 g/mol. The Morgan fingerprint density at radius 3 is 2.14 bits per heavy atom. The molecule has 2 fully saturated rings. The molecule has 1 aliphatic carbocycles. The Balaban J connectivity index is 1.42. The molecule has 0 amide bonds. The van der Waals surface area contributed by atoms with Crippen molar-refractivity contribution in [2.75, 3.05) is 19.8 Å². The third kappa shape index (κ3) is 5.60. The van der Waals surface area contributed by atoms with Crippen LogP contribution in [-0.4, -0.2) is 32.0 Å². The van der Waals surface area contributed by atoms with Crippen molar-refractivity contribution >= 4 is 0 Å². The van der Waals surface area contributed by atoms with Gasteiger partial charge in [-0.25, -0.2) is 0 Å². The monoisotopic (exact) mass is 411 g/mol. The van der Waals surface area contributed by atoms with Crippen LogP contribution in [0.3, 0.4) is 0 Å². The van der Waals surface area contributed by atoms with E-state index in [-0.39, 0.29) is 30.3 Å². The van der Waals surface area contributed by atoms with Crippen molar-refractivity contribution in [2.24, 2.45) is 23.5 Å². The molecule has 1 heterocycles. The van der Waals surface area contributed by atoms with Gasteiger partial charge in [-0.2, -0.15) is 8.78 Å². The van der Waals surface area contributed by atoms with Crippen LogP contribution in [0.4, 0.5) is 8.78 Å². The van der Waals surface area contributed by atoms with Crippen LogP contribution in [0.2, 0.25) is 0 Å². The van der Waals surface area contributed by atoms with E-state index in [2.05, 4.69) is 6.92 Å². The first-order valence-electron chi connectivity index (χ1n) is 11.1. The molecule has 164 valence electrons. The van der Waals surface area contributed by atoms with Gasteiger partial charge in [-0.15, -0.1) is 0 Å². The van der Waals surface area contributed by atoms with E-state index in [1.54, 1.807) is 6.92 Å². The molecule has 1 aliphatic heterocycles. The molecule has 6 heteroatoms. The summed E-state index contributed by atoms with van der Waals surface area (Å²) in [5.41, 5.74) is 6.12. The van der Waals surface area contributed by atoms with Crippen LogP contribution in [0.1, 0.15) is 58.8 Å². The summed E-state index contributed by atoms with van der Waals surface area (Å²) in [6, 6.07) is 3.03. The van der Waals surface area contributed by atoms with Crippen molar-refractivity contribution in [1.29, 1.82) is 0 Å². The molecule has 1 saturated heterocycles. The number of hydrogen-bond donors (Lipinski definition) is 1. The fraction of sp³-hybridized carbons (Fsp3) is 0.739. The molecule has 0 radical (unpaired) electrons. The highest BCUT2D eigenvalue weighted by Gasteiger charge is 2.33. The van der Waals surface area contributed by atoms with E-state index in [4.69, 9.17) is 19.9 Å². The Labute approximate surface area is 173 Å². The van der Waals surface area contributed by atoms with Gasteiger partial charge < -0.3 is 19.9 Å². The Bertz CT molecular complexity index is 641. The Morgan fingerprint density at radius 1 is 0.966 bits per heavy atom. The lowest BCUT2D eigenvalue weighted by atomic mass is 9.74. The normalized spacial score (nSPS) is 28.7. The summed E-state index contributed by atoms with van der Waals surface area (Å²) >= 11 is 0. The number of halogens is 2. The maximum Gasteiger partial charge on any atom is 0.204 e. The summed E-state index contributed by atoms with van der Waals surface area (Å²) in [5, 5.41) is 0.